The van der Waals surface area contributed by atoms with Crippen LogP contribution in [-0.4, -0.2) is 22.6 Å². The maximum absolute atomic E-state index is 8.61. The van der Waals surface area contributed by atoms with E-state index in [-0.39, 0.29) is 0 Å². The lowest BCUT2D eigenvalue weighted by atomic mass is 10.3. The van der Waals surface area contributed by atoms with Crippen LogP contribution in [0.15, 0.2) is 17.0 Å². The van der Waals surface area contributed by atoms with E-state index in [1.807, 2.05) is 0 Å². The zero-order valence-corrected chi connectivity index (χ0v) is 9.81. The van der Waals surface area contributed by atoms with E-state index in [4.69, 9.17) is 5.26 Å². The second-order valence-electron chi connectivity index (χ2n) is 3.53. The van der Waals surface area contributed by atoms with Crippen molar-refractivity contribution in [3.05, 3.63) is 17.0 Å². The van der Waals surface area contributed by atoms with E-state index in [1.54, 1.807) is 12.5 Å². The van der Waals surface area contributed by atoms with Crippen molar-refractivity contribution in [3.63, 3.8) is 0 Å². The van der Waals surface area contributed by atoms with E-state index in [0.29, 0.717) is 12.5 Å². The predicted molar refractivity (Wildman–Crippen MR) is 60.3 cm³/mol. The summed E-state index contributed by atoms with van der Waals surface area (Å²) in [5, 5.41) is 8.61. The number of hydrogen-bond acceptors (Lipinski definition) is 4. The van der Waals surface area contributed by atoms with Crippen molar-refractivity contribution in [1.82, 2.24) is 9.97 Å². The van der Waals surface area contributed by atoms with Crippen molar-refractivity contribution >= 4 is 21.7 Å². The fourth-order valence-electron chi connectivity index (χ4n) is 1.54. The summed E-state index contributed by atoms with van der Waals surface area (Å²) in [6, 6.07) is 2.73. The maximum atomic E-state index is 8.61. The van der Waals surface area contributed by atoms with Gasteiger partial charge in [-0.25, -0.2) is 9.97 Å². The van der Waals surface area contributed by atoms with Gasteiger partial charge in [0.15, 0.2) is 0 Å². The summed E-state index contributed by atoms with van der Waals surface area (Å²) < 4.78 is 0.898. The number of aromatic nitrogens is 2. The third-order valence-electron chi connectivity index (χ3n) is 2.37. The molecule has 15 heavy (non-hydrogen) atoms. The molecule has 4 nitrogen and oxygen atoms in total. The number of nitrogens with zero attached hydrogens (tertiary/aromatic N) is 4. The number of rotatable bonds is 4. The highest BCUT2D eigenvalue weighted by Crippen LogP contribution is 2.33. The molecule has 1 saturated carbocycles. The van der Waals surface area contributed by atoms with Crippen molar-refractivity contribution in [2.45, 2.75) is 25.3 Å². The molecule has 1 aliphatic rings. The molecule has 78 valence electrons. The summed E-state index contributed by atoms with van der Waals surface area (Å²) in [5.74, 6) is 0.905. The molecule has 5 heteroatoms. The van der Waals surface area contributed by atoms with E-state index in [2.05, 4.69) is 36.9 Å². The van der Waals surface area contributed by atoms with Gasteiger partial charge in [0.25, 0.3) is 0 Å². The third-order valence-corrected chi connectivity index (χ3v) is 2.93. The van der Waals surface area contributed by atoms with Gasteiger partial charge in [-0.15, -0.1) is 0 Å². The molecule has 0 N–H and O–H groups in total. The van der Waals surface area contributed by atoms with E-state index in [1.165, 1.54) is 12.8 Å². The van der Waals surface area contributed by atoms with Gasteiger partial charge in [0.05, 0.1) is 17.0 Å². The van der Waals surface area contributed by atoms with Crippen LogP contribution in [0, 0.1) is 11.3 Å². The molecule has 1 aromatic heterocycles. The van der Waals surface area contributed by atoms with Gasteiger partial charge in [-0.3, -0.25) is 0 Å². The molecule has 0 unspecified atom stereocenters. The molecule has 0 atom stereocenters. The lowest BCUT2D eigenvalue weighted by molar-refractivity contribution is 0.772. The summed E-state index contributed by atoms with van der Waals surface area (Å²) in [6.07, 6.45) is 6.21. The van der Waals surface area contributed by atoms with Crippen molar-refractivity contribution in [1.29, 1.82) is 5.26 Å². The molecule has 0 radical (unpaired) electrons. The van der Waals surface area contributed by atoms with Crippen LogP contribution in [0.1, 0.15) is 19.3 Å². The number of hydrogen-bond donors (Lipinski definition) is 0. The van der Waals surface area contributed by atoms with E-state index in [9.17, 15) is 0 Å². The molecule has 0 spiro atoms. The Morgan fingerprint density at radius 3 is 3.00 bits per heavy atom. The van der Waals surface area contributed by atoms with Crippen molar-refractivity contribution in [2.24, 2.45) is 0 Å². The van der Waals surface area contributed by atoms with Crippen molar-refractivity contribution in [2.75, 3.05) is 11.4 Å². The standard InChI is InChI=1S/C10H11BrN4/c11-9-6-13-7-14-10(9)15(5-1-4-12)8-2-3-8/h6-8H,1-3,5H2. The first kappa shape index (κ1) is 10.4. The predicted octanol–water partition coefficient (Wildman–Crippen LogP) is 2.12. The molecule has 1 heterocycles. The Kier molecular flexibility index (Phi) is 3.17. The molecule has 1 aromatic rings. The van der Waals surface area contributed by atoms with Crippen LogP contribution >= 0.6 is 15.9 Å². The summed E-state index contributed by atoms with van der Waals surface area (Å²) in [7, 11) is 0. The molecule has 0 amide bonds. The van der Waals surface area contributed by atoms with Gasteiger partial charge in [0, 0.05) is 18.8 Å². The fourth-order valence-corrected chi connectivity index (χ4v) is 1.98. The summed E-state index contributed by atoms with van der Waals surface area (Å²) in [5.41, 5.74) is 0. The third kappa shape index (κ3) is 2.45. The summed E-state index contributed by atoms with van der Waals surface area (Å²) in [4.78, 5) is 10.4. The number of halogens is 1. The quantitative estimate of drug-likeness (QED) is 0.838. The van der Waals surface area contributed by atoms with Crippen molar-refractivity contribution in [3.8, 4) is 6.07 Å². The lowest BCUT2D eigenvalue weighted by Gasteiger charge is -2.22. The van der Waals surface area contributed by atoms with Crippen LogP contribution in [0.2, 0.25) is 0 Å². The minimum Gasteiger partial charge on any atom is -0.352 e. The van der Waals surface area contributed by atoms with Gasteiger partial charge in [-0.05, 0) is 28.8 Å². The van der Waals surface area contributed by atoms with Gasteiger partial charge in [0.2, 0.25) is 0 Å². The minimum atomic E-state index is 0.535. The van der Waals surface area contributed by atoms with Crippen molar-refractivity contribution < 1.29 is 0 Å². The minimum absolute atomic E-state index is 0.535. The molecule has 0 aliphatic heterocycles. The first-order chi connectivity index (χ1) is 7.33. The van der Waals surface area contributed by atoms with Gasteiger partial charge >= 0.3 is 0 Å². The summed E-state index contributed by atoms with van der Waals surface area (Å²) in [6.45, 7) is 0.747. The molecule has 0 aromatic carbocycles. The average Bonchev–Trinajstić information content (AvgIpc) is 3.05. The van der Waals surface area contributed by atoms with Crippen LogP contribution in [-0.2, 0) is 0 Å². The molecule has 1 fully saturated rings. The van der Waals surface area contributed by atoms with Crippen LogP contribution in [0.25, 0.3) is 0 Å². The smallest absolute Gasteiger partial charge is 0.146 e. The highest BCUT2D eigenvalue weighted by Gasteiger charge is 2.30. The average molecular weight is 267 g/mol. The zero-order valence-electron chi connectivity index (χ0n) is 8.23. The maximum Gasteiger partial charge on any atom is 0.146 e. The van der Waals surface area contributed by atoms with Gasteiger partial charge in [-0.2, -0.15) is 5.26 Å². The molecule has 2 rings (SSSR count). The normalized spacial score (nSPS) is 14.7. The first-order valence-corrected chi connectivity index (χ1v) is 5.71. The largest absolute Gasteiger partial charge is 0.352 e. The van der Waals surface area contributed by atoms with Gasteiger partial charge in [-0.1, -0.05) is 0 Å². The Hall–Kier alpha value is -1.15. The monoisotopic (exact) mass is 266 g/mol. The Bertz CT molecular complexity index is 383. The van der Waals surface area contributed by atoms with E-state index < -0.39 is 0 Å². The Morgan fingerprint density at radius 2 is 2.40 bits per heavy atom. The molecular weight excluding hydrogens is 256 g/mol. The second kappa shape index (κ2) is 4.58. The SMILES string of the molecule is N#CCCN(c1ncncc1Br)C1CC1. The second-order valence-corrected chi connectivity index (χ2v) is 4.38. The Labute approximate surface area is 97.1 Å². The molecule has 1 aliphatic carbocycles. The van der Waals surface area contributed by atoms with E-state index in [0.717, 1.165) is 16.8 Å². The first-order valence-electron chi connectivity index (χ1n) is 4.92. The highest BCUT2D eigenvalue weighted by molar-refractivity contribution is 9.10. The Balaban J connectivity index is 2.17. The Morgan fingerprint density at radius 1 is 1.60 bits per heavy atom. The number of nitriles is 1. The van der Waals surface area contributed by atoms with Crippen LogP contribution < -0.4 is 4.90 Å². The van der Waals surface area contributed by atoms with Gasteiger partial charge < -0.3 is 4.90 Å². The fraction of sp³-hybridized carbons (Fsp3) is 0.500. The highest BCUT2D eigenvalue weighted by atomic mass is 79.9. The molecule has 0 saturated heterocycles. The lowest BCUT2D eigenvalue weighted by Crippen LogP contribution is -2.27. The van der Waals surface area contributed by atoms with Gasteiger partial charge in [0.1, 0.15) is 12.1 Å². The molecule has 0 bridgehead atoms. The van der Waals surface area contributed by atoms with E-state index >= 15 is 0 Å². The van der Waals surface area contributed by atoms with Crippen LogP contribution in [0.4, 0.5) is 5.82 Å². The number of anilines is 1. The zero-order chi connectivity index (χ0) is 10.7. The molecular formula is C10H11BrN4. The topological polar surface area (TPSA) is 52.8 Å². The summed E-state index contributed by atoms with van der Waals surface area (Å²) >= 11 is 3.44. The van der Waals surface area contributed by atoms with Crippen LogP contribution in [0.5, 0.6) is 0 Å². The van der Waals surface area contributed by atoms with Crippen LogP contribution in [0.3, 0.4) is 0 Å².